The quantitative estimate of drug-likeness (QED) is 0.905. The van der Waals surface area contributed by atoms with Crippen LogP contribution in [0.3, 0.4) is 0 Å². The molecule has 0 aliphatic carbocycles. The van der Waals surface area contributed by atoms with Crippen LogP contribution in [0.5, 0.6) is 0 Å². The van der Waals surface area contributed by atoms with Gasteiger partial charge in [0.15, 0.2) is 0 Å². The lowest BCUT2D eigenvalue weighted by Crippen LogP contribution is -2.51. The first kappa shape index (κ1) is 15.4. The number of rotatable bonds is 4. The highest BCUT2D eigenvalue weighted by molar-refractivity contribution is 5.72. The van der Waals surface area contributed by atoms with E-state index in [1.807, 2.05) is 4.90 Å². The van der Waals surface area contributed by atoms with E-state index in [-0.39, 0.29) is 5.82 Å². The molecule has 0 radical (unpaired) electrons. The average molecular weight is 291 g/mol. The second-order valence-corrected chi connectivity index (χ2v) is 5.24. The molecule has 6 heteroatoms. The van der Waals surface area contributed by atoms with Crippen molar-refractivity contribution in [2.24, 2.45) is 0 Å². The summed E-state index contributed by atoms with van der Waals surface area (Å²) in [5, 5.41) is 18.1. The number of carboxylic acids is 1. The van der Waals surface area contributed by atoms with Crippen molar-refractivity contribution in [1.82, 2.24) is 9.80 Å². The van der Waals surface area contributed by atoms with E-state index in [4.69, 9.17) is 10.4 Å². The van der Waals surface area contributed by atoms with Crippen LogP contribution in [-0.4, -0.2) is 53.1 Å². The van der Waals surface area contributed by atoms with Gasteiger partial charge in [-0.3, -0.25) is 14.6 Å². The Kier molecular flexibility index (Phi) is 4.89. The summed E-state index contributed by atoms with van der Waals surface area (Å²) in [7, 11) is 0. The lowest BCUT2D eigenvalue weighted by atomic mass is 10.1. The molecule has 112 valence electrons. The second kappa shape index (κ2) is 6.66. The van der Waals surface area contributed by atoms with E-state index >= 15 is 0 Å². The summed E-state index contributed by atoms with van der Waals surface area (Å²) >= 11 is 0. The minimum Gasteiger partial charge on any atom is -0.480 e. The zero-order valence-electron chi connectivity index (χ0n) is 11.9. The average Bonchev–Trinajstić information content (AvgIpc) is 2.47. The zero-order valence-corrected chi connectivity index (χ0v) is 11.9. The number of hydrogen-bond donors (Lipinski definition) is 1. The van der Waals surface area contributed by atoms with Crippen molar-refractivity contribution in [2.75, 3.05) is 26.2 Å². The predicted molar refractivity (Wildman–Crippen MR) is 75.1 cm³/mol. The van der Waals surface area contributed by atoms with Crippen molar-refractivity contribution in [3.63, 3.8) is 0 Å². The van der Waals surface area contributed by atoms with Crippen molar-refractivity contribution in [1.29, 1.82) is 5.26 Å². The third-order valence-corrected chi connectivity index (χ3v) is 3.89. The molecule has 0 aromatic heterocycles. The fourth-order valence-corrected chi connectivity index (χ4v) is 2.51. The van der Waals surface area contributed by atoms with Gasteiger partial charge in [-0.15, -0.1) is 0 Å². The highest BCUT2D eigenvalue weighted by atomic mass is 19.1. The molecular formula is C15H18FN3O2. The Morgan fingerprint density at radius 3 is 2.67 bits per heavy atom. The molecule has 21 heavy (non-hydrogen) atoms. The van der Waals surface area contributed by atoms with Crippen molar-refractivity contribution in [3.8, 4) is 6.07 Å². The van der Waals surface area contributed by atoms with Crippen molar-refractivity contribution >= 4 is 5.97 Å². The van der Waals surface area contributed by atoms with E-state index in [0.29, 0.717) is 43.9 Å². The van der Waals surface area contributed by atoms with Gasteiger partial charge in [-0.1, -0.05) is 0 Å². The largest absolute Gasteiger partial charge is 0.480 e. The van der Waals surface area contributed by atoms with Gasteiger partial charge < -0.3 is 5.11 Å². The first-order valence-corrected chi connectivity index (χ1v) is 6.89. The van der Waals surface area contributed by atoms with Crippen LogP contribution < -0.4 is 0 Å². The molecular weight excluding hydrogens is 273 g/mol. The Morgan fingerprint density at radius 2 is 2.10 bits per heavy atom. The summed E-state index contributed by atoms with van der Waals surface area (Å²) in [6.07, 6.45) is 0. The number of benzene rings is 1. The van der Waals surface area contributed by atoms with E-state index < -0.39 is 12.0 Å². The molecule has 1 unspecified atom stereocenters. The van der Waals surface area contributed by atoms with Gasteiger partial charge in [0, 0.05) is 32.7 Å². The normalized spacial score (nSPS) is 18.1. The van der Waals surface area contributed by atoms with Gasteiger partial charge in [0.25, 0.3) is 0 Å². The first-order valence-electron chi connectivity index (χ1n) is 6.89. The molecule has 1 aromatic carbocycles. The minimum absolute atomic E-state index is 0.345. The van der Waals surface area contributed by atoms with Crippen LogP contribution in [0.25, 0.3) is 0 Å². The van der Waals surface area contributed by atoms with Crippen LogP contribution in [0.4, 0.5) is 4.39 Å². The molecule has 1 aliphatic heterocycles. The molecule has 1 atom stereocenters. The Bertz CT molecular complexity index is 563. The molecule has 1 aliphatic rings. The van der Waals surface area contributed by atoms with Crippen molar-refractivity contribution < 1.29 is 14.3 Å². The first-order chi connectivity index (χ1) is 10.0. The van der Waals surface area contributed by atoms with Gasteiger partial charge in [-0.2, -0.15) is 5.26 Å². The Labute approximate surface area is 123 Å². The van der Waals surface area contributed by atoms with Gasteiger partial charge in [-0.25, -0.2) is 4.39 Å². The summed E-state index contributed by atoms with van der Waals surface area (Å²) < 4.78 is 13.3. The van der Waals surface area contributed by atoms with Gasteiger partial charge in [0.2, 0.25) is 0 Å². The molecule has 5 nitrogen and oxygen atoms in total. The number of nitrogens with zero attached hydrogens (tertiary/aromatic N) is 3. The number of carboxylic acid groups (broad SMARTS) is 1. The van der Waals surface area contributed by atoms with Gasteiger partial charge in [0.1, 0.15) is 11.9 Å². The van der Waals surface area contributed by atoms with E-state index in [1.54, 1.807) is 6.92 Å². The molecule has 1 heterocycles. The van der Waals surface area contributed by atoms with Crippen LogP contribution in [0.2, 0.25) is 0 Å². The summed E-state index contributed by atoms with van der Waals surface area (Å²) in [5.41, 5.74) is 1.16. The molecule has 1 N–H and O–H groups in total. The van der Waals surface area contributed by atoms with Crippen LogP contribution in [0.15, 0.2) is 18.2 Å². The van der Waals surface area contributed by atoms with Crippen molar-refractivity contribution in [3.05, 3.63) is 35.1 Å². The molecule has 0 spiro atoms. The highest BCUT2D eigenvalue weighted by Crippen LogP contribution is 2.15. The maximum absolute atomic E-state index is 13.3. The summed E-state index contributed by atoms with van der Waals surface area (Å²) in [5.74, 6) is -1.16. The lowest BCUT2D eigenvalue weighted by Gasteiger charge is -2.36. The molecule has 1 fully saturated rings. The minimum atomic E-state index is -0.819. The third kappa shape index (κ3) is 3.78. The number of nitriles is 1. The topological polar surface area (TPSA) is 67.6 Å². The Balaban J connectivity index is 1.97. The lowest BCUT2D eigenvalue weighted by molar-refractivity contribution is -0.143. The summed E-state index contributed by atoms with van der Waals surface area (Å²) in [4.78, 5) is 15.0. The fraction of sp³-hybridized carbons (Fsp3) is 0.467. The number of carbonyl (C=O) groups is 1. The zero-order chi connectivity index (χ0) is 15.4. The Morgan fingerprint density at radius 1 is 1.43 bits per heavy atom. The van der Waals surface area contributed by atoms with Gasteiger partial charge >= 0.3 is 5.97 Å². The SMILES string of the molecule is CC(C(=O)O)N1CCN(Cc2cc(F)ccc2C#N)CC1. The number of halogens is 1. The standard InChI is InChI=1S/C15H18FN3O2/c1-11(15(20)21)19-6-4-18(5-7-19)10-13-8-14(16)3-2-12(13)9-17/h2-3,8,11H,4-7,10H2,1H3,(H,20,21). The molecule has 1 saturated heterocycles. The van der Waals surface area contributed by atoms with Gasteiger partial charge in [0.05, 0.1) is 11.6 Å². The van der Waals surface area contributed by atoms with E-state index in [0.717, 1.165) is 0 Å². The number of hydrogen-bond acceptors (Lipinski definition) is 4. The smallest absolute Gasteiger partial charge is 0.320 e. The summed E-state index contributed by atoms with van der Waals surface area (Å²) in [6.45, 7) is 4.92. The highest BCUT2D eigenvalue weighted by Gasteiger charge is 2.25. The van der Waals surface area contributed by atoms with Gasteiger partial charge in [-0.05, 0) is 30.7 Å². The Hall–Kier alpha value is -1.97. The number of piperazine rings is 1. The molecule has 0 saturated carbocycles. The predicted octanol–water partition coefficient (Wildman–Crippen LogP) is 1.29. The van der Waals surface area contributed by atoms with Crippen LogP contribution >= 0.6 is 0 Å². The van der Waals surface area contributed by atoms with Crippen molar-refractivity contribution in [2.45, 2.75) is 19.5 Å². The summed E-state index contributed by atoms with van der Waals surface area (Å²) in [6, 6.07) is 5.76. The fourth-order valence-electron chi connectivity index (χ4n) is 2.51. The second-order valence-electron chi connectivity index (χ2n) is 5.24. The van der Waals surface area contributed by atoms with E-state index in [2.05, 4.69) is 11.0 Å². The number of aliphatic carboxylic acids is 1. The molecule has 0 bridgehead atoms. The van der Waals surface area contributed by atoms with Crippen LogP contribution in [0.1, 0.15) is 18.1 Å². The van der Waals surface area contributed by atoms with E-state index in [1.165, 1.54) is 18.2 Å². The molecule has 1 aromatic rings. The molecule has 0 amide bonds. The maximum Gasteiger partial charge on any atom is 0.320 e. The van der Waals surface area contributed by atoms with Crippen LogP contribution in [0, 0.1) is 17.1 Å². The molecule has 2 rings (SSSR count). The maximum atomic E-state index is 13.3. The third-order valence-electron chi connectivity index (χ3n) is 3.89. The monoisotopic (exact) mass is 291 g/mol. The van der Waals surface area contributed by atoms with Crippen LogP contribution in [-0.2, 0) is 11.3 Å². The van der Waals surface area contributed by atoms with E-state index in [9.17, 15) is 9.18 Å².